The fourth-order valence-electron chi connectivity index (χ4n) is 1.32. The number of benzene rings is 1. The van der Waals surface area contributed by atoms with Crippen LogP contribution in [0.25, 0.3) is 0 Å². The number of aliphatic hydroxyl groups excluding tert-OH is 1. The smallest absolute Gasteiger partial charge is 0.0431 e. The second kappa shape index (κ2) is 5.49. The van der Waals surface area contributed by atoms with E-state index >= 15 is 0 Å². The average molecular weight is 258 g/mol. The molecule has 0 saturated heterocycles. The highest BCUT2D eigenvalue weighted by atomic mass is 79.9. The number of nitrogens with two attached hydrogens (primary N) is 1. The highest BCUT2D eigenvalue weighted by Crippen LogP contribution is 2.22. The molecule has 0 aliphatic rings. The van der Waals surface area contributed by atoms with E-state index in [1.165, 1.54) is 5.56 Å². The molecule has 0 saturated carbocycles. The highest BCUT2D eigenvalue weighted by molar-refractivity contribution is 9.10. The minimum Gasteiger partial charge on any atom is -0.396 e. The Balaban J connectivity index is 2.70. The molecule has 0 spiro atoms. The normalized spacial score (nSPS) is 12.9. The molecular formula is C11H16BrNO. The van der Waals surface area contributed by atoms with Crippen LogP contribution in [-0.4, -0.2) is 11.7 Å². The van der Waals surface area contributed by atoms with Crippen molar-refractivity contribution in [3.63, 3.8) is 0 Å². The first-order valence-corrected chi connectivity index (χ1v) is 5.57. The van der Waals surface area contributed by atoms with Gasteiger partial charge < -0.3 is 10.8 Å². The van der Waals surface area contributed by atoms with Crippen molar-refractivity contribution in [2.45, 2.75) is 25.8 Å². The summed E-state index contributed by atoms with van der Waals surface area (Å²) in [4.78, 5) is 0. The van der Waals surface area contributed by atoms with Crippen molar-refractivity contribution in [1.82, 2.24) is 0 Å². The summed E-state index contributed by atoms with van der Waals surface area (Å²) in [5.74, 6) is 0. The Morgan fingerprint density at radius 2 is 2.21 bits per heavy atom. The number of hydrogen-bond donors (Lipinski definition) is 2. The first kappa shape index (κ1) is 11.7. The highest BCUT2D eigenvalue weighted by Gasteiger charge is 2.06. The summed E-state index contributed by atoms with van der Waals surface area (Å²) >= 11 is 3.48. The lowest BCUT2D eigenvalue weighted by atomic mass is 10.0. The van der Waals surface area contributed by atoms with E-state index in [0.29, 0.717) is 0 Å². The lowest BCUT2D eigenvalue weighted by Gasteiger charge is -2.12. The third kappa shape index (κ3) is 3.08. The minimum absolute atomic E-state index is 0.0269. The predicted octanol–water partition coefficient (Wildman–Crippen LogP) is 2.53. The van der Waals surface area contributed by atoms with E-state index < -0.39 is 0 Å². The monoisotopic (exact) mass is 257 g/mol. The number of halogens is 1. The Hall–Kier alpha value is -0.380. The van der Waals surface area contributed by atoms with Crippen LogP contribution in [0, 0.1) is 6.92 Å². The molecule has 0 aliphatic heterocycles. The van der Waals surface area contributed by atoms with Gasteiger partial charge in [0.05, 0.1) is 0 Å². The maximum absolute atomic E-state index is 8.70. The maximum Gasteiger partial charge on any atom is 0.0431 e. The van der Waals surface area contributed by atoms with Gasteiger partial charge in [-0.1, -0.05) is 28.1 Å². The Morgan fingerprint density at radius 3 is 2.79 bits per heavy atom. The van der Waals surface area contributed by atoms with Crippen LogP contribution >= 0.6 is 15.9 Å². The van der Waals surface area contributed by atoms with Crippen LogP contribution in [0.15, 0.2) is 22.7 Å². The van der Waals surface area contributed by atoms with E-state index in [2.05, 4.69) is 28.1 Å². The Bertz CT molecular complexity index is 301. The van der Waals surface area contributed by atoms with Crippen LogP contribution in [0.4, 0.5) is 0 Å². The second-order valence-electron chi connectivity index (χ2n) is 3.48. The van der Waals surface area contributed by atoms with Crippen LogP contribution in [0.2, 0.25) is 0 Å². The molecule has 0 unspecified atom stereocenters. The molecule has 0 radical (unpaired) electrons. The van der Waals surface area contributed by atoms with Gasteiger partial charge in [0.15, 0.2) is 0 Å². The van der Waals surface area contributed by atoms with E-state index in [-0.39, 0.29) is 12.6 Å². The van der Waals surface area contributed by atoms with E-state index in [4.69, 9.17) is 10.8 Å². The summed E-state index contributed by atoms with van der Waals surface area (Å²) in [6.45, 7) is 2.26. The second-order valence-corrected chi connectivity index (χ2v) is 4.34. The fourth-order valence-corrected chi connectivity index (χ4v) is 1.71. The standard InChI is InChI=1S/C11H16BrNO/c1-8-4-5-9(7-10(8)12)11(13)3-2-6-14/h4-5,7,11,14H,2-3,6,13H2,1H3/t11-/m1/s1. The quantitative estimate of drug-likeness (QED) is 0.871. The molecule has 78 valence electrons. The van der Waals surface area contributed by atoms with Gasteiger partial charge in [0.2, 0.25) is 0 Å². The van der Waals surface area contributed by atoms with E-state index in [0.717, 1.165) is 22.9 Å². The molecule has 0 aliphatic carbocycles. The predicted molar refractivity (Wildman–Crippen MR) is 62.1 cm³/mol. The minimum atomic E-state index is 0.0269. The number of rotatable bonds is 4. The van der Waals surface area contributed by atoms with Crippen molar-refractivity contribution in [2.24, 2.45) is 5.73 Å². The first-order chi connectivity index (χ1) is 6.65. The van der Waals surface area contributed by atoms with Crippen molar-refractivity contribution in [2.75, 3.05) is 6.61 Å². The molecule has 1 aromatic carbocycles. The molecule has 3 N–H and O–H groups in total. The molecule has 1 rings (SSSR count). The third-order valence-corrected chi connectivity index (χ3v) is 3.15. The third-order valence-electron chi connectivity index (χ3n) is 2.30. The zero-order valence-corrected chi connectivity index (χ0v) is 9.92. The van der Waals surface area contributed by atoms with Crippen LogP contribution in [0.3, 0.4) is 0 Å². The topological polar surface area (TPSA) is 46.2 Å². The molecule has 1 aromatic rings. The van der Waals surface area contributed by atoms with Crippen LogP contribution < -0.4 is 5.73 Å². The summed E-state index contributed by atoms with van der Waals surface area (Å²) < 4.78 is 1.09. The molecule has 3 heteroatoms. The molecular weight excluding hydrogens is 242 g/mol. The largest absolute Gasteiger partial charge is 0.396 e. The Labute approximate surface area is 93.3 Å². The van der Waals surface area contributed by atoms with Crippen molar-refractivity contribution in [3.05, 3.63) is 33.8 Å². The van der Waals surface area contributed by atoms with E-state index in [1.807, 2.05) is 13.0 Å². The van der Waals surface area contributed by atoms with Crippen molar-refractivity contribution in [3.8, 4) is 0 Å². The lowest BCUT2D eigenvalue weighted by molar-refractivity contribution is 0.280. The molecule has 2 nitrogen and oxygen atoms in total. The molecule has 0 fully saturated rings. The number of aryl methyl sites for hydroxylation is 1. The van der Waals surface area contributed by atoms with Gasteiger partial charge in [0.1, 0.15) is 0 Å². The van der Waals surface area contributed by atoms with Gasteiger partial charge in [0, 0.05) is 17.1 Å². The summed E-state index contributed by atoms with van der Waals surface area (Å²) in [6.07, 6.45) is 1.58. The van der Waals surface area contributed by atoms with Gasteiger partial charge in [-0.25, -0.2) is 0 Å². The molecule has 0 aromatic heterocycles. The maximum atomic E-state index is 8.70. The van der Waals surface area contributed by atoms with Crippen LogP contribution in [0.1, 0.15) is 30.0 Å². The fraction of sp³-hybridized carbons (Fsp3) is 0.455. The van der Waals surface area contributed by atoms with E-state index in [1.54, 1.807) is 0 Å². The van der Waals surface area contributed by atoms with Crippen LogP contribution in [-0.2, 0) is 0 Å². The molecule has 1 atom stereocenters. The van der Waals surface area contributed by atoms with Crippen molar-refractivity contribution in [1.29, 1.82) is 0 Å². The van der Waals surface area contributed by atoms with Gasteiger partial charge in [-0.05, 0) is 37.0 Å². The van der Waals surface area contributed by atoms with E-state index in [9.17, 15) is 0 Å². The Morgan fingerprint density at radius 1 is 1.50 bits per heavy atom. The SMILES string of the molecule is Cc1ccc([C@H](N)CCCO)cc1Br. The van der Waals surface area contributed by atoms with Gasteiger partial charge in [-0.3, -0.25) is 0 Å². The summed E-state index contributed by atoms with van der Waals surface area (Å²) in [5.41, 5.74) is 8.30. The average Bonchev–Trinajstić information content (AvgIpc) is 2.18. The van der Waals surface area contributed by atoms with Gasteiger partial charge in [0.25, 0.3) is 0 Å². The zero-order valence-electron chi connectivity index (χ0n) is 8.33. The van der Waals surface area contributed by atoms with Gasteiger partial charge in [-0.15, -0.1) is 0 Å². The zero-order chi connectivity index (χ0) is 10.6. The molecule has 0 bridgehead atoms. The molecule has 0 amide bonds. The number of hydrogen-bond acceptors (Lipinski definition) is 2. The molecule has 14 heavy (non-hydrogen) atoms. The summed E-state index contributed by atoms with van der Waals surface area (Å²) in [5, 5.41) is 8.70. The number of aliphatic hydroxyl groups is 1. The summed E-state index contributed by atoms with van der Waals surface area (Å²) in [7, 11) is 0. The van der Waals surface area contributed by atoms with Crippen molar-refractivity contribution < 1.29 is 5.11 Å². The molecule has 0 heterocycles. The first-order valence-electron chi connectivity index (χ1n) is 4.77. The van der Waals surface area contributed by atoms with Gasteiger partial charge in [-0.2, -0.15) is 0 Å². The van der Waals surface area contributed by atoms with Crippen molar-refractivity contribution >= 4 is 15.9 Å². The lowest BCUT2D eigenvalue weighted by Crippen LogP contribution is -2.10. The van der Waals surface area contributed by atoms with Crippen LogP contribution in [0.5, 0.6) is 0 Å². The van der Waals surface area contributed by atoms with Gasteiger partial charge >= 0.3 is 0 Å². The Kier molecular flexibility index (Phi) is 4.58. The summed E-state index contributed by atoms with van der Waals surface area (Å²) in [6, 6.07) is 6.18.